The van der Waals surface area contributed by atoms with Gasteiger partial charge in [0.2, 0.25) is 15.9 Å². The number of methoxy groups -OCH3 is 1. The predicted octanol–water partition coefficient (Wildman–Crippen LogP) is 5.66. The zero-order chi connectivity index (χ0) is 27.2. The van der Waals surface area contributed by atoms with Gasteiger partial charge in [0.15, 0.2) is 5.16 Å². The fourth-order valence-corrected chi connectivity index (χ4v) is 6.77. The predicted molar refractivity (Wildman–Crippen MR) is 154 cm³/mol. The summed E-state index contributed by atoms with van der Waals surface area (Å²) in [5, 5.41) is 3.43. The molecule has 2 N–H and O–H groups in total. The molecule has 1 aliphatic heterocycles. The maximum atomic E-state index is 13.2. The van der Waals surface area contributed by atoms with Gasteiger partial charge in [-0.2, -0.15) is 4.31 Å². The normalized spacial score (nSPS) is 14.2. The van der Waals surface area contributed by atoms with Gasteiger partial charge in [0, 0.05) is 24.2 Å². The fraction of sp³-hybridized carbons (Fsp3) is 0.241. The summed E-state index contributed by atoms with van der Waals surface area (Å²) in [6, 6.07) is 24.4. The molecular weight excluding hydrogens is 532 g/mol. The summed E-state index contributed by atoms with van der Waals surface area (Å²) in [5.41, 5.74) is 3.97. The lowest BCUT2D eigenvalue weighted by molar-refractivity contribution is -0.113. The van der Waals surface area contributed by atoms with Gasteiger partial charge in [-0.3, -0.25) is 4.79 Å². The second-order valence-electron chi connectivity index (χ2n) is 9.16. The van der Waals surface area contributed by atoms with Crippen LogP contribution in [0.1, 0.15) is 19.3 Å². The first-order valence-corrected chi connectivity index (χ1v) is 15.2. The van der Waals surface area contributed by atoms with E-state index >= 15 is 0 Å². The molecule has 1 saturated heterocycles. The number of rotatable bonds is 9. The topological polar surface area (TPSA) is 104 Å². The highest BCUT2D eigenvalue weighted by molar-refractivity contribution is 7.99. The number of ether oxygens (including phenoxy) is 1. The van der Waals surface area contributed by atoms with Crippen molar-refractivity contribution >= 4 is 33.4 Å². The van der Waals surface area contributed by atoms with E-state index in [4.69, 9.17) is 9.72 Å². The lowest BCUT2D eigenvalue weighted by Gasteiger charge is -2.26. The number of thioether (sulfide) groups is 1. The van der Waals surface area contributed by atoms with E-state index in [1.807, 2.05) is 60.7 Å². The molecule has 0 bridgehead atoms. The van der Waals surface area contributed by atoms with Crippen LogP contribution >= 0.6 is 11.8 Å². The van der Waals surface area contributed by atoms with Crippen molar-refractivity contribution in [1.82, 2.24) is 14.3 Å². The van der Waals surface area contributed by atoms with E-state index in [0.29, 0.717) is 29.7 Å². The number of nitrogens with zero attached hydrogens (tertiary/aromatic N) is 2. The monoisotopic (exact) mass is 562 g/mol. The summed E-state index contributed by atoms with van der Waals surface area (Å²) in [7, 11) is -2.17. The van der Waals surface area contributed by atoms with Crippen molar-refractivity contribution < 1.29 is 17.9 Å². The van der Waals surface area contributed by atoms with Gasteiger partial charge in [-0.1, -0.05) is 78.8 Å². The summed E-state index contributed by atoms with van der Waals surface area (Å²) in [5.74, 6) is 0.161. The van der Waals surface area contributed by atoms with Crippen LogP contribution in [0.5, 0.6) is 5.75 Å². The number of amides is 1. The molecule has 0 radical (unpaired) electrons. The minimum absolute atomic E-state index is 0.0717. The summed E-state index contributed by atoms with van der Waals surface area (Å²) in [6.45, 7) is 1.01. The average Bonchev–Trinajstić information content (AvgIpc) is 3.42. The number of imidazole rings is 1. The van der Waals surface area contributed by atoms with E-state index in [1.165, 1.54) is 35.3 Å². The molecule has 8 nitrogen and oxygen atoms in total. The SMILES string of the molecule is COc1ccc(S(=O)(=O)N2CCCCC2)cc1NC(=O)CSc1nc(-c2ccccc2)c(-c2ccccc2)[nH]1. The van der Waals surface area contributed by atoms with E-state index in [0.717, 1.165) is 41.8 Å². The molecule has 1 amide bonds. The van der Waals surface area contributed by atoms with Crippen molar-refractivity contribution in [1.29, 1.82) is 0 Å². The molecule has 0 aliphatic carbocycles. The number of H-pyrrole nitrogens is 1. The van der Waals surface area contributed by atoms with E-state index in [9.17, 15) is 13.2 Å². The van der Waals surface area contributed by atoms with Crippen molar-refractivity contribution in [3.8, 4) is 28.3 Å². The number of hydrogen-bond acceptors (Lipinski definition) is 6. The standard InChI is InChI=1S/C29H30N4O4S2/c1-37-25-16-15-23(39(35,36)33-17-9-4-10-18-33)19-24(25)30-26(34)20-38-29-31-27(21-11-5-2-6-12-21)28(32-29)22-13-7-3-8-14-22/h2-3,5-8,11-16,19H,4,9-10,17-18,20H2,1H3,(H,30,34)(H,31,32). The van der Waals surface area contributed by atoms with E-state index < -0.39 is 10.0 Å². The van der Waals surface area contributed by atoms with Gasteiger partial charge in [0.05, 0.1) is 34.8 Å². The largest absolute Gasteiger partial charge is 0.495 e. The molecule has 10 heteroatoms. The van der Waals surface area contributed by atoms with Crippen molar-refractivity contribution in [3.63, 3.8) is 0 Å². The quantitative estimate of drug-likeness (QED) is 0.255. The van der Waals surface area contributed by atoms with E-state index in [2.05, 4.69) is 10.3 Å². The van der Waals surface area contributed by atoms with Crippen LogP contribution in [0.25, 0.3) is 22.5 Å². The Morgan fingerprint density at radius 3 is 2.31 bits per heavy atom. The van der Waals surface area contributed by atoms with Gasteiger partial charge in [-0.05, 0) is 31.0 Å². The van der Waals surface area contributed by atoms with Gasteiger partial charge >= 0.3 is 0 Å². The van der Waals surface area contributed by atoms with Crippen molar-refractivity contribution in [3.05, 3.63) is 78.9 Å². The number of piperidine rings is 1. The Kier molecular flexibility index (Phi) is 8.35. The second kappa shape index (κ2) is 12.1. The number of aromatic nitrogens is 2. The summed E-state index contributed by atoms with van der Waals surface area (Å²) >= 11 is 1.27. The zero-order valence-electron chi connectivity index (χ0n) is 21.6. The Morgan fingerprint density at radius 2 is 1.64 bits per heavy atom. The maximum absolute atomic E-state index is 13.2. The number of aromatic amines is 1. The molecule has 3 aromatic carbocycles. The number of nitrogens with one attached hydrogen (secondary N) is 2. The van der Waals surface area contributed by atoms with Crippen LogP contribution in [0.15, 0.2) is 88.9 Å². The van der Waals surface area contributed by atoms with E-state index in [-0.39, 0.29) is 16.6 Å². The van der Waals surface area contributed by atoms with Crippen LogP contribution in [-0.2, 0) is 14.8 Å². The molecule has 0 spiro atoms. The summed E-state index contributed by atoms with van der Waals surface area (Å²) in [6.07, 6.45) is 2.73. The number of hydrogen-bond donors (Lipinski definition) is 2. The van der Waals surface area contributed by atoms with Crippen LogP contribution in [0.3, 0.4) is 0 Å². The Bertz CT molecular complexity index is 1480. The Morgan fingerprint density at radius 1 is 0.974 bits per heavy atom. The number of carbonyl (C=O) groups is 1. The highest BCUT2D eigenvalue weighted by Crippen LogP contribution is 2.33. The minimum Gasteiger partial charge on any atom is -0.495 e. The van der Waals surface area contributed by atoms with Crippen molar-refractivity contribution in [2.24, 2.45) is 0 Å². The van der Waals surface area contributed by atoms with Crippen molar-refractivity contribution in [2.45, 2.75) is 29.3 Å². The zero-order valence-corrected chi connectivity index (χ0v) is 23.2. The lowest BCUT2D eigenvalue weighted by Crippen LogP contribution is -2.35. The van der Waals surface area contributed by atoms with Crippen LogP contribution < -0.4 is 10.1 Å². The van der Waals surface area contributed by atoms with Crippen LogP contribution in [0.4, 0.5) is 5.69 Å². The van der Waals surface area contributed by atoms with E-state index in [1.54, 1.807) is 6.07 Å². The Balaban J connectivity index is 1.33. The van der Waals surface area contributed by atoms with Gasteiger partial charge in [-0.25, -0.2) is 13.4 Å². The molecule has 2 heterocycles. The third-order valence-corrected chi connectivity index (χ3v) is 9.30. The third kappa shape index (κ3) is 6.19. The maximum Gasteiger partial charge on any atom is 0.243 e. The van der Waals surface area contributed by atoms with Crippen LogP contribution in [0, 0.1) is 0 Å². The lowest BCUT2D eigenvalue weighted by atomic mass is 10.1. The molecule has 1 aliphatic rings. The average molecular weight is 563 g/mol. The highest BCUT2D eigenvalue weighted by Gasteiger charge is 2.27. The van der Waals surface area contributed by atoms with Crippen LogP contribution in [0.2, 0.25) is 0 Å². The number of sulfonamides is 1. The van der Waals surface area contributed by atoms with Gasteiger partial charge in [0.25, 0.3) is 0 Å². The molecule has 0 atom stereocenters. The molecule has 39 heavy (non-hydrogen) atoms. The molecule has 1 fully saturated rings. The van der Waals surface area contributed by atoms with Gasteiger partial charge in [-0.15, -0.1) is 0 Å². The van der Waals surface area contributed by atoms with Crippen molar-refractivity contribution in [2.75, 3.05) is 31.3 Å². The Labute approximate surface area is 232 Å². The minimum atomic E-state index is -3.65. The molecule has 202 valence electrons. The smallest absolute Gasteiger partial charge is 0.243 e. The Hall–Kier alpha value is -3.60. The summed E-state index contributed by atoms with van der Waals surface area (Å²) in [4.78, 5) is 21.2. The van der Waals surface area contributed by atoms with Gasteiger partial charge < -0.3 is 15.0 Å². The summed E-state index contributed by atoms with van der Waals surface area (Å²) < 4.78 is 33.2. The molecular formula is C29H30N4O4S2. The molecule has 4 aromatic rings. The first-order valence-electron chi connectivity index (χ1n) is 12.8. The van der Waals surface area contributed by atoms with Crippen LogP contribution in [-0.4, -0.2) is 54.6 Å². The second-order valence-corrected chi connectivity index (χ2v) is 12.1. The molecule has 1 aromatic heterocycles. The number of anilines is 1. The first kappa shape index (κ1) is 27.0. The molecule has 5 rings (SSSR count). The number of carbonyl (C=O) groups excluding carboxylic acids is 1. The third-order valence-electron chi connectivity index (χ3n) is 6.53. The molecule has 0 unspecified atom stereocenters. The fourth-order valence-electron chi connectivity index (χ4n) is 4.56. The first-order chi connectivity index (χ1) is 19.0. The van der Waals surface area contributed by atoms with Gasteiger partial charge in [0.1, 0.15) is 5.75 Å². The number of benzene rings is 3. The molecule has 0 saturated carbocycles. The highest BCUT2D eigenvalue weighted by atomic mass is 32.2.